The molecule has 0 heterocycles. The average molecular weight is 224 g/mol. The van der Waals surface area contributed by atoms with Gasteiger partial charge in [0.25, 0.3) is 0 Å². The first-order valence-electron chi connectivity index (χ1n) is 4.83. The Morgan fingerprint density at radius 1 is 1.07 bits per heavy atom. The van der Waals surface area contributed by atoms with Crippen LogP contribution in [0.2, 0.25) is 0 Å². The van der Waals surface area contributed by atoms with Crippen molar-refractivity contribution in [1.29, 1.82) is 0 Å². The first kappa shape index (κ1) is 14.8. The Balaban J connectivity index is 3.46. The molecule has 0 amide bonds. The fraction of sp³-hybridized carbons (Fsp3) is 1.00. The second-order valence-corrected chi connectivity index (χ2v) is 3.42. The maximum atomic E-state index is 9.13. The molecule has 4 atom stereocenters. The molecule has 0 saturated carbocycles. The number of ether oxygens (including phenoxy) is 2. The minimum absolute atomic E-state index is 0.0421. The standard InChI is InChI=1S/C9H20O6/c1-6(11)9(13)4-14-5-15-7(2)8(12)3-10/h6-13H,3-5H2,1-2H3/t6?,7?,8-,9+/m1/s1. The molecule has 0 rings (SSSR count). The minimum Gasteiger partial charge on any atom is -0.394 e. The Labute approximate surface area is 89.1 Å². The molecule has 0 aromatic heterocycles. The second kappa shape index (κ2) is 7.98. The fourth-order valence-corrected chi connectivity index (χ4v) is 0.723. The van der Waals surface area contributed by atoms with E-state index in [1.165, 1.54) is 6.92 Å². The van der Waals surface area contributed by atoms with E-state index in [4.69, 9.17) is 29.9 Å². The number of hydrogen-bond donors (Lipinski definition) is 4. The van der Waals surface area contributed by atoms with E-state index in [-0.39, 0.29) is 20.0 Å². The largest absolute Gasteiger partial charge is 0.394 e. The molecule has 15 heavy (non-hydrogen) atoms. The molecule has 0 aliphatic carbocycles. The average Bonchev–Trinajstić information content (AvgIpc) is 2.22. The fourth-order valence-electron chi connectivity index (χ4n) is 0.723. The van der Waals surface area contributed by atoms with Crippen LogP contribution in [0.4, 0.5) is 0 Å². The summed E-state index contributed by atoms with van der Waals surface area (Å²) in [5.41, 5.74) is 0. The highest BCUT2D eigenvalue weighted by Crippen LogP contribution is 1.99. The highest BCUT2D eigenvalue weighted by Gasteiger charge is 2.14. The molecular weight excluding hydrogens is 204 g/mol. The smallest absolute Gasteiger partial charge is 0.147 e. The molecule has 6 nitrogen and oxygen atoms in total. The third-order valence-electron chi connectivity index (χ3n) is 1.99. The van der Waals surface area contributed by atoms with Gasteiger partial charge in [-0.15, -0.1) is 0 Å². The first-order chi connectivity index (χ1) is 6.99. The summed E-state index contributed by atoms with van der Waals surface area (Å²) in [7, 11) is 0. The van der Waals surface area contributed by atoms with Crippen LogP contribution in [-0.2, 0) is 9.47 Å². The molecule has 0 spiro atoms. The van der Waals surface area contributed by atoms with Crippen molar-refractivity contribution in [2.24, 2.45) is 0 Å². The zero-order chi connectivity index (χ0) is 11.8. The van der Waals surface area contributed by atoms with Crippen LogP contribution in [0.3, 0.4) is 0 Å². The summed E-state index contributed by atoms with van der Waals surface area (Å²) < 4.78 is 9.90. The van der Waals surface area contributed by atoms with E-state index in [1.54, 1.807) is 6.92 Å². The van der Waals surface area contributed by atoms with E-state index < -0.39 is 24.4 Å². The molecular formula is C9H20O6. The Bertz CT molecular complexity index is 152. The highest BCUT2D eigenvalue weighted by atomic mass is 16.7. The van der Waals surface area contributed by atoms with Gasteiger partial charge < -0.3 is 29.9 Å². The van der Waals surface area contributed by atoms with Gasteiger partial charge in [-0.2, -0.15) is 0 Å². The van der Waals surface area contributed by atoms with Crippen LogP contribution >= 0.6 is 0 Å². The van der Waals surface area contributed by atoms with Gasteiger partial charge in [-0.05, 0) is 13.8 Å². The van der Waals surface area contributed by atoms with Gasteiger partial charge in [0.1, 0.15) is 19.0 Å². The molecule has 0 saturated heterocycles. The summed E-state index contributed by atoms with van der Waals surface area (Å²) in [6.45, 7) is 2.52. The van der Waals surface area contributed by atoms with Crippen molar-refractivity contribution in [1.82, 2.24) is 0 Å². The van der Waals surface area contributed by atoms with Crippen LogP contribution < -0.4 is 0 Å². The van der Waals surface area contributed by atoms with Gasteiger partial charge in [-0.1, -0.05) is 0 Å². The number of hydrogen-bond acceptors (Lipinski definition) is 6. The molecule has 92 valence electrons. The van der Waals surface area contributed by atoms with E-state index >= 15 is 0 Å². The zero-order valence-corrected chi connectivity index (χ0v) is 9.04. The van der Waals surface area contributed by atoms with E-state index in [2.05, 4.69) is 0 Å². The molecule has 0 aromatic carbocycles. The van der Waals surface area contributed by atoms with E-state index in [0.29, 0.717) is 0 Å². The van der Waals surface area contributed by atoms with Gasteiger partial charge in [0.2, 0.25) is 0 Å². The summed E-state index contributed by atoms with van der Waals surface area (Å²) >= 11 is 0. The number of aliphatic hydroxyl groups excluding tert-OH is 4. The lowest BCUT2D eigenvalue weighted by Crippen LogP contribution is -2.32. The third-order valence-corrected chi connectivity index (χ3v) is 1.99. The Morgan fingerprint density at radius 3 is 2.13 bits per heavy atom. The molecule has 2 unspecified atom stereocenters. The van der Waals surface area contributed by atoms with Crippen LogP contribution in [0.25, 0.3) is 0 Å². The summed E-state index contributed by atoms with van der Waals surface area (Å²) in [5, 5.41) is 35.7. The molecule has 0 radical (unpaired) electrons. The van der Waals surface area contributed by atoms with Gasteiger partial charge >= 0.3 is 0 Å². The molecule has 0 aliphatic heterocycles. The maximum absolute atomic E-state index is 9.13. The summed E-state index contributed by atoms with van der Waals surface area (Å²) in [5.74, 6) is 0. The van der Waals surface area contributed by atoms with Crippen molar-refractivity contribution < 1.29 is 29.9 Å². The van der Waals surface area contributed by atoms with Crippen LogP contribution in [0.15, 0.2) is 0 Å². The predicted octanol–water partition coefficient (Wildman–Crippen LogP) is -1.54. The summed E-state index contributed by atoms with van der Waals surface area (Å²) in [4.78, 5) is 0. The van der Waals surface area contributed by atoms with Crippen molar-refractivity contribution in [3.8, 4) is 0 Å². The van der Waals surface area contributed by atoms with E-state index in [9.17, 15) is 0 Å². The lowest BCUT2D eigenvalue weighted by Gasteiger charge is -2.18. The summed E-state index contributed by atoms with van der Waals surface area (Å²) in [6, 6.07) is 0. The molecule has 0 aliphatic rings. The second-order valence-electron chi connectivity index (χ2n) is 3.42. The van der Waals surface area contributed by atoms with Crippen LogP contribution in [-0.4, -0.2) is 64.8 Å². The Morgan fingerprint density at radius 2 is 1.67 bits per heavy atom. The topological polar surface area (TPSA) is 99.4 Å². The molecule has 0 fully saturated rings. The first-order valence-corrected chi connectivity index (χ1v) is 4.83. The quantitative estimate of drug-likeness (QED) is 0.294. The maximum Gasteiger partial charge on any atom is 0.147 e. The molecule has 0 aromatic rings. The van der Waals surface area contributed by atoms with Crippen molar-refractivity contribution in [2.75, 3.05) is 20.0 Å². The van der Waals surface area contributed by atoms with Crippen molar-refractivity contribution in [2.45, 2.75) is 38.3 Å². The van der Waals surface area contributed by atoms with Crippen molar-refractivity contribution >= 4 is 0 Å². The molecule has 6 heteroatoms. The Hall–Kier alpha value is -0.240. The van der Waals surface area contributed by atoms with Crippen LogP contribution in [0, 0.1) is 0 Å². The summed E-state index contributed by atoms with van der Waals surface area (Å²) in [6.07, 6.45) is -3.30. The lowest BCUT2D eigenvalue weighted by molar-refractivity contribution is -0.142. The van der Waals surface area contributed by atoms with Crippen LogP contribution in [0.1, 0.15) is 13.8 Å². The van der Waals surface area contributed by atoms with Gasteiger partial charge in [-0.3, -0.25) is 0 Å². The van der Waals surface area contributed by atoms with E-state index in [0.717, 1.165) is 0 Å². The third kappa shape index (κ3) is 6.77. The van der Waals surface area contributed by atoms with Crippen LogP contribution in [0.5, 0.6) is 0 Å². The van der Waals surface area contributed by atoms with Crippen molar-refractivity contribution in [3.05, 3.63) is 0 Å². The SMILES string of the molecule is CC(OCOC[C@H](O)C(C)O)[C@H](O)CO. The highest BCUT2D eigenvalue weighted by molar-refractivity contribution is 4.61. The van der Waals surface area contributed by atoms with E-state index in [1.807, 2.05) is 0 Å². The minimum atomic E-state index is -0.952. The molecule has 0 bridgehead atoms. The molecule has 4 N–H and O–H groups in total. The normalized spacial score (nSPS) is 19.6. The Kier molecular flexibility index (Phi) is 7.85. The number of rotatable bonds is 8. The monoisotopic (exact) mass is 224 g/mol. The van der Waals surface area contributed by atoms with Gasteiger partial charge in [-0.25, -0.2) is 0 Å². The predicted molar refractivity (Wildman–Crippen MR) is 52.1 cm³/mol. The van der Waals surface area contributed by atoms with Gasteiger partial charge in [0.05, 0.1) is 25.4 Å². The van der Waals surface area contributed by atoms with Gasteiger partial charge in [0, 0.05) is 0 Å². The zero-order valence-electron chi connectivity index (χ0n) is 9.04. The lowest BCUT2D eigenvalue weighted by atomic mass is 10.2. The number of aliphatic hydroxyl groups is 4. The van der Waals surface area contributed by atoms with Crippen molar-refractivity contribution in [3.63, 3.8) is 0 Å². The van der Waals surface area contributed by atoms with Gasteiger partial charge in [0.15, 0.2) is 0 Å².